The van der Waals surface area contributed by atoms with Crippen LogP contribution in [0.25, 0.3) is 44.4 Å². The van der Waals surface area contributed by atoms with Crippen molar-refractivity contribution in [2.24, 2.45) is 4.99 Å². The molecule has 0 unspecified atom stereocenters. The molecule has 0 aliphatic carbocycles. The van der Waals surface area contributed by atoms with Gasteiger partial charge in [-0.05, 0) is 107 Å². The lowest BCUT2D eigenvalue weighted by Gasteiger charge is -2.31. The summed E-state index contributed by atoms with van der Waals surface area (Å²) in [5, 5.41) is 4.42. The van der Waals surface area contributed by atoms with Gasteiger partial charge in [-0.1, -0.05) is 36.4 Å². The Hall–Kier alpha value is -5.76. The van der Waals surface area contributed by atoms with Gasteiger partial charge < -0.3 is 10.1 Å². The zero-order chi connectivity index (χ0) is 32.9. The van der Waals surface area contributed by atoms with E-state index in [1.54, 1.807) is 48.5 Å². The molecule has 6 aromatic rings. The highest BCUT2D eigenvalue weighted by Crippen LogP contribution is 2.53. The summed E-state index contributed by atoms with van der Waals surface area (Å²) < 4.78 is 80.0. The summed E-state index contributed by atoms with van der Waals surface area (Å²) in [6.45, 7) is 1.16. The van der Waals surface area contributed by atoms with Gasteiger partial charge in [0.05, 0.1) is 5.56 Å². The van der Waals surface area contributed by atoms with Gasteiger partial charge in [-0.15, -0.1) is 0 Å². The van der Waals surface area contributed by atoms with Crippen LogP contribution in [0.2, 0.25) is 0 Å². The second-order valence-corrected chi connectivity index (χ2v) is 11.7. The average molecular weight is 645 g/mol. The minimum absolute atomic E-state index is 0.304. The Morgan fingerprint density at radius 2 is 1.06 bits per heavy atom. The van der Waals surface area contributed by atoms with E-state index in [1.807, 2.05) is 0 Å². The zero-order valence-corrected chi connectivity index (χ0v) is 25.3. The molecule has 0 atom stereocenters. The highest BCUT2D eigenvalue weighted by molar-refractivity contribution is 6.23. The number of hydrogen-bond acceptors (Lipinski definition) is 3. The maximum Gasteiger partial charge on any atom is 0.147 e. The smallest absolute Gasteiger partial charge is 0.147 e. The van der Waals surface area contributed by atoms with E-state index in [0.29, 0.717) is 91.3 Å². The lowest BCUT2D eigenvalue weighted by atomic mass is 9.80. The molecule has 0 bridgehead atoms. The van der Waals surface area contributed by atoms with Gasteiger partial charge in [-0.3, -0.25) is 4.99 Å². The van der Waals surface area contributed by atoms with Crippen LogP contribution in [0, 0.1) is 29.1 Å². The molecular weight excluding hydrogens is 619 g/mol. The fourth-order valence-electron chi connectivity index (χ4n) is 6.58. The Labute approximate surface area is 272 Å². The Bertz CT molecular complexity index is 2280. The number of aliphatic imine (C=N–C) groups is 1. The van der Waals surface area contributed by atoms with Gasteiger partial charge in [0.25, 0.3) is 0 Å². The molecule has 0 aromatic heterocycles. The minimum Gasteiger partial charge on any atom is -0.455 e. The summed E-state index contributed by atoms with van der Waals surface area (Å²) in [6, 6.07) is 26.2. The van der Waals surface area contributed by atoms with Crippen LogP contribution in [0.15, 0.2) is 114 Å². The molecule has 0 radical (unpaired) electrons. The maximum atomic E-state index is 16.1. The molecule has 2 aliphatic rings. The number of ether oxygens (including phenoxy) is 1. The highest BCUT2D eigenvalue weighted by Gasteiger charge is 2.34. The monoisotopic (exact) mass is 644 g/mol. The highest BCUT2D eigenvalue weighted by atomic mass is 19.1. The lowest BCUT2D eigenvalue weighted by molar-refractivity contribution is 0.517. The van der Waals surface area contributed by atoms with Gasteiger partial charge >= 0.3 is 0 Å². The number of hydrogen-bond donors (Lipinski definition) is 1. The predicted molar refractivity (Wildman–Crippen MR) is 178 cm³/mol. The third-order valence-corrected chi connectivity index (χ3v) is 8.67. The second-order valence-electron chi connectivity index (χ2n) is 11.7. The molecule has 3 nitrogen and oxygen atoms in total. The maximum absolute atomic E-state index is 16.1. The molecule has 0 amide bonds. The van der Waals surface area contributed by atoms with Crippen LogP contribution in [0.1, 0.15) is 28.7 Å². The van der Waals surface area contributed by atoms with Gasteiger partial charge in [0, 0.05) is 40.7 Å². The van der Waals surface area contributed by atoms with Crippen molar-refractivity contribution in [2.45, 2.75) is 6.42 Å². The van der Waals surface area contributed by atoms with Crippen molar-refractivity contribution in [2.75, 3.05) is 13.1 Å². The summed E-state index contributed by atoms with van der Waals surface area (Å²) in [6.07, 6.45) is 0.801. The van der Waals surface area contributed by atoms with Crippen LogP contribution < -0.4 is 10.1 Å². The lowest BCUT2D eigenvalue weighted by Crippen LogP contribution is -2.31. The molecule has 0 fully saturated rings. The standard InChI is InChI=1S/C40H25F5N2O/c41-26-10-2-22(3-11-26)33-31-20-30(45)21-32-34(23-4-12-27(42)13-5-23)38(25-8-16-29(44)17-9-25)48-39(36(31)32)37(40-46-18-1-19-47-40)35(33)24-6-14-28(43)15-7-24/h2-17,20-21H,1,18-19H2,(H,46,47). The van der Waals surface area contributed by atoms with E-state index < -0.39 is 29.1 Å². The molecule has 6 aromatic carbocycles. The average Bonchev–Trinajstić information content (AvgIpc) is 3.10. The number of halogens is 5. The van der Waals surface area contributed by atoms with Crippen molar-refractivity contribution in [3.8, 4) is 28.0 Å². The van der Waals surface area contributed by atoms with E-state index in [4.69, 9.17) is 9.73 Å². The summed E-state index contributed by atoms with van der Waals surface area (Å²) in [5.74, 6) is -1.14. The van der Waals surface area contributed by atoms with Gasteiger partial charge in [0.2, 0.25) is 0 Å². The normalized spacial score (nSPS) is 14.1. The van der Waals surface area contributed by atoms with Gasteiger partial charge in [0.1, 0.15) is 46.4 Å². The Morgan fingerprint density at radius 1 is 0.542 bits per heavy atom. The first-order valence-electron chi connectivity index (χ1n) is 15.4. The van der Waals surface area contributed by atoms with Crippen LogP contribution in [-0.4, -0.2) is 18.9 Å². The van der Waals surface area contributed by atoms with Crippen molar-refractivity contribution < 1.29 is 26.7 Å². The molecule has 8 rings (SSSR count). The Balaban J connectivity index is 1.58. The zero-order valence-electron chi connectivity index (χ0n) is 25.3. The van der Waals surface area contributed by atoms with Gasteiger partial charge in [-0.25, -0.2) is 22.0 Å². The van der Waals surface area contributed by atoms with Crippen LogP contribution in [0.4, 0.5) is 22.0 Å². The molecule has 2 aliphatic heterocycles. The van der Waals surface area contributed by atoms with Crippen molar-refractivity contribution in [1.82, 2.24) is 5.32 Å². The van der Waals surface area contributed by atoms with Crippen LogP contribution >= 0.6 is 0 Å². The molecule has 8 heteroatoms. The number of amidine groups is 1. The fourth-order valence-corrected chi connectivity index (χ4v) is 6.58. The van der Waals surface area contributed by atoms with Crippen LogP contribution in [0.3, 0.4) is 0 Å². The van der Waals surface area contributed by atoms with Crippen LogP contribution in [-0.2, 0) is 0 Å². The molecule has 0 saturated carbocycles. The van der Waals surface area contributed by atoms with E-state index in [9.17, 15) is 17.6 Å². The summed E-state index contributed by atoms with van der Waals surface area (Å²) >= 11 is 0. The van der Waals surface area contributed by atoms with Crippen molar-refractivity contribution in [1.29, 1.82) is 0 Å². The van der Waals surface area contributed by atoms with E-state index in [-0.39, 0.29) is 0 Å². The van der Waals surface area contributed by atoms with E-state index in [2.05, 4.69) is 5.32 Å². The minimum atomic E-state index is -0.558. The topological polar surface area (TPSA) is 33.6 Å². The molecule has 236 valence electrons. The summed E-state index contributed by atoms with van der Waals surface area (Å²) in [5.41, 5.74) is 4.89. The van der Waals surface area contributed by atoms with Gasteiger partial charge in [0.15, 0.2) is 0 Å². The second kappa shape index (κ2) is 11.8. The number of benzene rings is 6. The Kier molecular flexibility index (Phi) is 7.28. The summed E-state index contributed by atoms with van der Waals surface area (Å²) in [4.78, 5) is 4.85. The Morgan fingerprint density at radius 3 is 1.60 bits per heavy atom. The third-order valence-electron chi connectivity index (χ3n) is 8.67. The van der Waals surface area contributed by atoms with E-state index in [1.165, 1.54) is 60.7 Å². The molecule has 1 N–H and O–H groups in total. The quantitative estimate of drug-likeness (QED) is 0.190. The third kappa shape index (κ3) is 5.10. The molecule has 48 heavy (non-hydrogen) atoms. The number of nitrogens with one attached hydrogen (secondary N) is 1. The molecular formula is C40H25F5N2O. The summed E-state index contributed by atoms with van der Waals surface area (Å²) in [7, 11) is 0. The first kappa shape index (κ1) is 29.6. The fraction of sp³-hybridized carbons (Fsp3) is 0.0750. The van der Waals surface area contributed by atoms with Crippen molar-refractivity contribution >= 4 is 27.9 Å². The molecule has 0 saturated heterocycles. The first-order chi connectivity index (χ1) is 23.4. The SMILES string of the molecule is Fc1ccc(C2=C(c3ccc(F)cc3)c3cc(F)cc4c(-c5ccc(F)cc5)c(-c5ccc(F)cc5)c(C5=NCCCN5)c(c34)O2)cc1. The largest absolute Gasteiger partial charge is 0.455 e. The van der Waals surface area contributed by atoms with Crippen LogP contribution in [0.5, 0.6) is 5.75 Å². The van der Waals surface area contributed by atoms with Crippen molar-refractivity contribution in [3.05, 3.63) is 161 Å². The van der Waals surface area contributed by atoms with Crippen molar-refractivity contribution in [3.63, 3.8) is 0 Å². The number of nitrogens with zero attached hydrogens (tertiary/aromatic N) is 1. The number of rotatable bonds is 5. The first-order valence-corrected chi connectivity index (χ1v) is 15.4. The van der Waals surface area contributed by atoms with E-state index in [0.717, 1.165) is 6.42 Å². The molecule has 2 heterocycles. The van der Waals surface area contributed by atoms with E-state index >= 15 is 4.39 Å². The predicted octanol–water partition coefficient (Wildman–Crippen LogP) is 9.92. The molecule has 0 spiro atoms. The van der Waals surface area contributed by atoms with Gasteiger partial charge in [-0.2, -0.15) is 0 Å².